The molecule has 0 saturated carbocycles. The molecular weight excluding hydrogens is 399 g/mol. The predicted molar refractivity (Wildman–Crippen MR) is 103 cm³/mol. The van der Waals surface area contributed by atoms with E-state index in [4.69, 9.17) is 44.3 Å². The number of hydrogen-bond donors (Lipinski definition) is 1. The molecule has 1 aromatic heterocycles. The molecule has 0 atom stereocenters. The Kier molecular flexibility index (Phi) is 4.48. The second kappa shape index (κ2) is 6.79. The molecule has 0 unspecified atom stereocenters. The first-order valence-electron chi connectivity index (χ1n) is 7.53. The number of nitrogens with zero attached hydrogens (tertiary/aromatic N) is 3. The number of nitrogens with one attached hydrogen (secondary N) is 1. The van der Waals surface area contributed by atoms with Crippen molar-refractivity contribution in [3.05, 3.63) is 53.9 Å². The van der Waals surface area contributed by atoms with Gasteiger partial charge in [0, 0.05) is 5.39 Å². The number of alkyl halides is 3. The Bertz CT molecular complexity index is 1000. The molecule has 6 nitrogen and oxygen atoms in total. The van der Waals surface area contributed by atoms with E-state index in [1.807, 2.05) is 42.5 Å². The second-order valence-corrected chi connectivity index (χ2v) is 7.67. The van der Waals surface area contributed by atoms with Crippen molar-refractivity contribution in [1.29, 1.82) is 0 Å². The minimum atomic E-state index is -1.73. The normalized spacial score (nSPS) is 13.5. The quantitative estimate of drug-likeness (QED) is 0.388. The number of para-hydroxylation sites is 1. The van der Waals surface area contributed by atoms with E-state index in [0.29, 0.717) is 22.8 Å². The summed E-state index contributed by atoms with van der Waals surface area (Å²) in [6.45, 7) is 0.223. The van der Waals surface area contributed by atoms with Gasteiger partial charge in [0.15, 0.2) is 23.1 Å². The van der Waals surface area contributed by atoms with E-state index < -0.39 is 3.79 Å². The van der Waals surface area contributed by atoms with Gasteiger partial charge in [-0.15, -0.1) is 0 Å². The van der Waals surface area contributed by atoms with Crippen molar-refractivity contribution >= 4 is 57.7 Å². The molecule has 26 heavy (non-hydrogen) atoms. The van der Waals surface area contributed by atoms with Crippen LogP contribution >= 0.6 is 34.8 Å². The van der Waals surface area contributed by atoms with Crippen LogP contribution in [-0.4, -0.2) is 23.0 Å². The summed E-state index contributed by atoms with van der Waals surface area (Å²) in [6.07, 6.45) is 1.63. The fourth-order valence-electron chi connectivity index (χ4n) is 2.45. The molecular formula is C17H11Cl3N4O2. The fourth-order valence-corrected chi connectivity index (χ4v) is 2.70. The van der Waals surface area contributed by atoms with Crippen LogP contribution in [0.5, 0.6) is 11.5 Å². The Balaban J connectivity index is 1.64. The molecule has 9 heteroatoms. The van der Waals surface area contributed by atoms with Gasteiger partial charge in [-0.3, -0.25) is 5.43 Å². The van der Waals surface area contributed by atoms with Crippen LogP contribution in [0.3, 0.4) is 0 Å². The third-order valence-corrected chi connectivity index (χ3v) is 4.14. The molecule has 0 saturated heterocycles. The summed E-state index contributed by atoms with van der Waals surface area (Å²) in [6, 6.07) is 12.9. The largest absolute Gasteiger partial charge is 0.454 e. The summed E-state index contributed by atoms with van der Waals surface area (Å²) < 4.78 is 8.89. The van der Waals surface area contributed by atoms with Gasteiger partial charge in [-0.05, 0) is 35.9 Å². The number of hydrazone groups is 1. The fraction of sp³-hybridized carbons (Fsp3) is 0.118. The van der Waals surface area contributed by atoms with Crippen LogP contribution in [0.4, 0.5) is 5.82 Å². The number of anilines is 1. The van der Waals surface area contributed by atoms with E-state index in [1.165, 1.54) is 0 Å². The molecule has 1 N–H and O–H groups in total. The van der Waals surface area contributed by atoms with Crippen molar-refractivity contribution in [1.82, 2.24) is 9.97 Å². The molecule has 1 aliphatic heterocycles. The summed E-state index contributed by atoms with van der Waals surface area (Å²) in [4.78, 5) is 8.57. The molecule has 0 amide bonds. The van der Waals surface area contributed by atoms with E-state index in [9.17, 15) is 0 Å². The van der Waals surface area contributed by atoms with Crippen LogP contribution in [-0.2, 0) is 3.79 Å². The maximum atomic E-state index is 5.93. The molecule has 1 aliphatic rings. The van der Waals surface area contributed by atoms with Crippen molar-refractivity contribution in [3.8, 4) is 11.5 Å². The highest BCUT2D eigenvalue weighted by Crippen LogP contribution is 2.37. The Morgan fingerprint density at radius 2 is 1.85 bits per heavy atom. The summed E-state index contributed by atoms with van der Waals surface area (Å²) in [5.74, 6) is 1.90. The third kappa shape index (κ3) is 3.49. The molecule has 0 fully saturated rings. The van der Waals surface area contributed by atoms with Crippen LogP contribution in [0.15, 0.2) is 47.6 Å². The van der Waals surface area contributed by atoms with Crippen molar-refractivity contribution in [2.24, 2.45) is 5.10 Å². The van der Waals surface area contributed by atoms with Crippen molar-refractivity contribution in [3.63, 3.8) is 0 Å². The maximum absolute atomic E-state index is 5.93. The van der Waals surface area contributed by atoms with Crippen LogP contribution in [0.25, 0.3) is 10.9 Å². The van der Waals surface area contributed by atoms with Gasteiger partial charge in [-0.25, -0.2) is 9.97 Å². The highest BCUT2D eigenvalue weighted by molar-refractivity contribution is 6.66. The number of benzene rings is 2. The zero-order valence-corrected chi connectivity index (χ0v) is 15.4. The average Bonchev–Trinajstić information content (AvgIpc) is 3.08. The molecule has 2 heterocycles. The minimum absolute atomic E-state index is 0.0713. The van der Waals surface area contributed by atoms with Crippen LogP contribution in [0.1, 0.15) is 11.4 Å². The van der Waals surface area contributed by atoms with Crippen molar-refractivity contribution in [2.75, 3.05) is 12.2 Å². The smallest absolute Gasteiger partial charge is 0.250 e. The molecule has 0 bridgehead atoms. The number of halogens is 3. The number of fused-ring (bicyclic) bond motifs is 2. The summed E-state index contributed by atoms with van der Waals surface area (Å²) >= 11 is 17.8. The van der Waals surface area contributed by atoms with Crippen molar-refractivity contribution < 1.29 is 9.47 Å². The first-order chi connectivity index (χ1) is 12.5. The Morgan fingerprint density at radius 3 is 2.69 bits per heavy atom. The van der Waals surface area contributed by atoms with Gasteiger partial charge < -0.3 is 9.47 Å². The molecule has 0 aliphatic carbocycles. The monoisotopic (exact) mass is 408 g/mol. The summed E-state index contributed by atoms with van der Waals surface area (Å²) in [5, 5.41) is 4.98. The van der Waals surface area contributed by atoms with Crippen LogP contribution < -0.4 is 14.9 Å². The number of aromatic nitrogens is 2. The maximum Gasteiger partial charge on any atom is 0.250 e. The molecule has 3 aromatic rings. The van der Waals surface area contributed by atoms with Crippen LogP contribution in [0.2, 0.25) is 0 Å². The van der Waals surface area contributed by atoms with E-state index in [0.717, 1.165) is 10.9 Å². The van der Waals surface area contributed by atoms with E-state index in [-0.39, 0.29) is 12.6 Å². The van der Waals surface area contributed by atoms with Crippen LogP contribution in [0, 0.1) is 0 Å². The Hall–Kier alpha value is -2.28. The second-order valence-electron chi connectivity index (χ2n) is 5.39. The Labute approximate surface area is 163 Å². The summed E-state index contributed by atoms with van der Waals surface area (Å²) in [7, 11) is 0. The minimum Gasteiger partial charge on any atom is -0.454 e. The Morgan fingerprint density at radius 1 is 1.04 bits per heavy atom. The lowest BCUT2D eigenvalue weighted by Crippen LogP contribution is -2.09. The first-order valence-corrected chi connectivity index (χ1v) is 8.67. The zero-order valence-electron chi connectivity index (χ0n) is 13.1. The number of ether oxygens (including phenoxy) is 2. The molecule has 132 valence electrons. The van der Waals surface area contributed by atoms with Gasteiger partial charge in [0.05, 0.1) is 11.7 Å². The van der Waals surface area contributed by atoms with Crippen molar-refractivity contribution in [2.45, 2.75) is 3.79 Å². The standard InChI is InChI=1S/C17H11Cl3N4O2/c18-17(19,20)16-22-12-4-2-1-3-11(12)15(23-16)24-21-8-10-5-6-13-14(7-10)26-9-25-13/h1-8H,9H2,(H,22,23,24)/b21-8+. The SMILES string of the molecule is ClC(Cl)(Cl)c1nc(N/N=C/c2ccc3c(c2)OCO3)c2ccccc2n1. The summed E-state index contributed by atoms with van der Waals surface area (Å²) in [5.41, 5.74) is 4.36. The highest BCUT2D eigenvalue weighted by atomic mass is 35.6. The lowest BCUT2D eigenvalue weighted by molar-refractivity contribution is 0.174. The van der Waals surface area contributed by atoms with E-state index >= 15 is 0 Å². The van der Waals surface area contributed by atoms with Gasteiger partial charge in [0.1, 0.15) is 0 Å². The van der Waals surface area contributed by atoms with Gasteiger partial charge in [-0.1, -0.05) is 46.9 Å². The number of hydrogen-bond acceptors (Lipinski definition) is 6. The predicted octanol–water partition coefficient (Wildman–Crippen LogP) is 4.63. The van der Waals surface area contributed by atoms with Gasteiger partial charge in [-0.2, -0.15) is 5.10 Å². The number of rotatable bonds is 3. The van der Waals surface area contributed by atoms with E-state index in [2.05, 4.69) is 20.5 Å². The lowest BCUT2D eigenvalue weighted by atomic mass is 10.2. The molecule has 2 aromatic carbocycles. The van der Waals surface area contributed by atoms with E-state index in [1.54, 1.807) is 6.21 Å². The first kappa shape index (κ1) is 17.1. The van der Waals surface area contributed by atoms with Gasteiger partial charge >= 0.3 is 0 Å². The highest BCUT2D eigenvalue weighted by Gasteiger charge is 2.28. The average molecular weight is 410 g/mol. The van der Waals surface area contributed by atoms with Gasteiger partial charge in [0.25, 0.3) is 0 Å². The topological polar surface area (TPSA) is 68.6 Å². The third-order valence-electron chi connectivity index (χ3n) is 3.64. The lowest BCUT2D eigenvalue weighted by Gasteiger charge is -2.12. The molecule has 0 spiro atoms. The zero-order chi connectivity index (χ0) is 18.1. The molecule has 4 rings (SSSR count). The molecule has 0 radical (unpaired) electrons. The van der Waals surface area contributed by atoms with Gasteiger partial charge in [0.2, 0.25) is 10.6 Å².